The molecule has 29 heavy (non-hydrogen) atoms. The molecule has 0 bridgehead atoms. The molecule has 2 saturated heterocycles. The van der Waals surface area contributed by atoms with Crippen LogP contribution in [0.1, 0.15) is 29.6 Å². The molecule has 2 heterocycles. The lowest BCUT2D eigenvalue weighted by Crippen LogP contribution is -2.50. The molecule has 1 aromatic carbocycles. The maximum absolute atomic E-state index is 13.3. The lowest BCUT2D eigenvalue weighted by atomic mass is 10.0. The molecular formula is C19H27F2N3O4S. The first kappa shape index (κ1) is 22.1. The number of sulfonamides is 1. The zero-order valence-corrected chi connectivity index (χ0v) is 17.3. The van der Waals surface area contributed by atoms with Gasteiger partial charge in [0, 0.05) is 57.0 Å². The molecule has 162 valence electrons. The highest BCUT2D eigenvalue weighted by atomic mass is 32.2. The number of carbonyl (C=O) groups excluding carboxylic acids is 1. The lowest BCUT2D eigenvalue weighted by Gasteiger charge is -2.38. The van der Waals surface area contributed by atoms with Gasteiger partial charge in [-0.3, -0.25) is 9.69 Å². The van der Waals surface area contributed by atoms with Crippen LogP contribution in [-0.4, -0.2) is 81.3 Å². The van der Waals surface area contributed by atoms with Gasteiger partial charge in [-0.05, 0) is 37.5 Å². The van der Waals surface area contributed by atoms with Crippen LogP contribution in [0, 0.1) is 11.6 Å². The number of rotatable bonds is 7. The van der Waals surface area contributed by atoms with Crippen molar-refractivity contribution >= 4 is 15.9 Å². The molecule has 0 aliphatic carbocycles. The average Bonchev–Trinajstić information content (AvgIpc) is 3.18. The highest BCUT2D eigenvalue weighted by Crippen LogP contribution is 2.24. The maximum atomic E-state index is 13.3. The van der Waals surface area contributed by atoms with Crippen LogP contribution in [0.5, 0.6) is 0 Å². The summed E-state index contributed by atoms with van der Waals surface area (Å²) in [5.74, 6) is -2.53. The molecule has 1 unspecified atom stereocenters. The third-order valence-corrected chi connectivity index (χ3v) is 6.83. The summed E-state index contributed by atoms with van der Waals surface area (Å²) in [6, 6.07) is 3.38. The van der Waals surface area contributed by atoms with Crippen molar-refractivity contribution in [3.05, 3.63) is 35.4 Å². The molecule has 7 nitrogen and oxygen atoms in total. The van der Waals surface area contributed by atoms with Crippen LogP contribution in [0.25, 0.3) is 0 Å². The second-order valence-electron chi connectivity index (χ2n) is 7.53. The second kappa shape index (κ2) is 9.46. The molecule has 0 spiro atoms. The number of benzene rings is 1. The third-order valence-electron chi connectivity index (χ3n) is 5.56. The fourth-order valence-electron chi connectivity index (χ4n) is 4.00. The smallest absolute Gasteiger partial charge is 0.251 e. The van der Waals surface area contributed by atoms with Crippen LogP contribution in [0.2, 0.25) is 0 Å². The first-order valence-corrected chi connectivity index (χ1v) is 11.6. The summed E-state index contributed by atoms with van der Waals surface area (Å²) in [5, 5.41) is 2.75. The van der Waals surface area contributed by atoms with Gasteiger partial charge >= 0.3 is 0 Å². The Hall–Kier alpha value is -1.62. The van der Waals surface area contributed by atoms with Gasteiger partial charge in [0.05, 0.1) is 6.26 Å². The fraction of sp³-hybridized carbons (Fsp3) is 0.632. The van der Waals surface area contributed by atoms with Crippen molar-refractivity contribution in [2.24, 2.45) is 0 Å². The van der Waals surface area contributed by atoms with Gasteiger partial charge in [0.25, 0.3) is 5.91 Å². The van der Waals surface area contributed by atoms with Crippen molar-refractivity contribution in [2.45, 2.75) is 31.3 Å². The standard InChI is InChI=1S/C19H27F2N3O4S/c1-29(26,27)23-8-4-16(13-23)24(15-5-10-28-11-6-15)9-7-22-19(25)14-2-3-17(20)18(21)12-14/h2-3,12,15-16H,4-11,13H2,1H3,(H,22,25). The first-order chi connectivity index (χ1) is 13.8. The number of nitrogens with one attached hydrogen (secondary N) is 1. The van der Waals surface area contributed by atoms with E-state index in [1.165, 1.54) is 16.6 Å². The highest BCUT2D eigenvalue weighted by Gasteiger charge is 2.35. The zero-order chi connectivity index (χ0) is 21.0. The molecule has 0 radical (unpaired) electrons. The average molecular weight is 432 g/mol. The Labute approximate surface area is 170 Å². The van der Waals surface area contributed by atoms with Crippen LogP contribution >= 0.6 is 0 Å². The molecule has 2 aliphatic rings. The quantitative estimate of drug-likeness (QED) is 0.702. The van der Waals surface area contributed by atoms with Crippen molar-refractivity contribution in [3.8, 4) is 0 Å². The molecule has 2 fully saturated rings. The van der Waals surface area contributed by atoms with Crippen molar-refractivity contribution in [1.82, 2.24) is 14.5 Å². The monoisotopic (exact) mass is 431 g/mol. The minimum atomic E-state index is -3.23. The summed E-state index contributed by atoms with van der Waals surface area (Å²) in [5.41, 5.74) is 0.0608. The van der Waals surface area contributed by atoms with E-state index in [1.807, 2.05) is 0 Å². The minimum Gasteiger partial charge on any atom is -0.381 e. The number of nitrogens with zero attached hydrogens (tertiary/aromatic N) is 2. The summed E-state index contributed by atoms with van der Waals surface area (Å²) >= 11 is 0. The van der Waals surface area contributed by atoms with Crippen molar-refractivity contribution in [1.29, 1.82) is 0 Å². The Bertz CT molecular complexity index is 831. The van der Waals surface area contributed by atoms with E-state index in [0.29, 0.717) is 39.4 Å². The Morgan fingerprint density at radius 2 is 1.93 bits per heavy atom. The van der Waals surface area contributed by atoms with Crippen molar-refractivity contribution < 1.29 is 26.7 Å². The van der Waals surface area contributed by atoms with Gasteiger partial charge in [-0.25, -0.2) is 21.5 Å². The van der Waals surface area contributed by atoms with Gasteiger partial charge in [0.2, 0.25) is 10.0 Å². The van der Waals surface area contributed by atoms with E-state index < -0.39 is 27.6 Å². The first-order valence-electron chi connectivity index (χ1n) is 9.77. The lowest BCUT2D eigenvalue weighted by molar-refractivity contribution is 0.0194. The van der Waals surface area contributed by atoms with Crippen LogP contribution in [-0.2, 0) is 14.8 Å². The maximum Gasteiger partial charge on any atom is 0.251 e. The van der Waals surface area contributed by atoms with Crippen LogP contribution in [0.3, 0.4) is 0 Å². The molecule has 1 amide bonds. The minimum absolute atomic E-state index is 0.0608. The fourth-order valence-corrected chi connectivity index (χ4v) is 4.88. The molecule has 3 rings (SSSR count). The number of carbonyl (C=O) groups is 1. The Balaban J connectivity index is 1.61. The van der Waals surface area contributed by atoms with Gasteiger partial charge in [-0.1, -0.05) is 0 Å². The summed E-state index contributed by atoms with van der Waals surface area (Å²) < 4.78 is 57.0. The Morgan fingerprint density at radius 3 is 2.55 bits per heavy atom. The topological polar surface area (TPSA) is 79.0 Å². The van der Waals surface area contributed by atoms with Gasteiger partial charge in [-0.2, -0.15) is 0 Å². The SMILES string of the molecule is CS(=O)(=O)N1CCC(N(CCNC(=O)c2ccc(F)c(F)c2)C2CCOCC2)C1. The molecule has 0 saturated carbocycles. The van der Waals surface area contributed by atoms with Crippen LogP contribution < -0.4 is 5.32 Å². The van der Waals surface area contributed by atoms with E-state index in [0.717, 1.165) is 31.4 Å². The summed E-state index contributed by atoms with van der Waals surface area (Å²) in [6.45, 7) is 3.11. The van der Waals surface area contributed by atoms with Crippen molar-refractivity contribution in [3.63, 3.8) is 0 Å². The highest BCUT2D eigenvalue weighted by molar-refractivity contribution is 7.88. The zero-order valence-electron chi connectivity index (χ0n) is 16.4. The molecule has 0 aromatic heterocycles. The van der Waals surface area contributed by atoms with Crippen molar-refractivity contribution in [2.75, 3.05) is 45.6 Å². The molecule has 1 N–H and O–H groups in total. The normalized spacial score (nSPS) is 21.6. The number of hydrogen-bond acceptors (Lipinski definition) is 5. The van der Waals surface area contributed by atoms with Gasteiger partial charge < -0.3 is 10.1 Å². The molecule has 2 aliphatic heterocycles. The number of halogens is 2. The number of hydrogen-bond donors (Lipinski definition) is 1. The molecule has 1 aromatic rings. The molecular weight excluding hydrogens is 404 g/mol. The van der Waals surface area contributed by atoms with E-state index in [2.05, 4.69) is 10.2 Å². The van der Waals surface area contributed by atoms with E-state index in [-0.39, 0.29) is 17.6 Å². The Morgan fingerprint density at radius 1 is 1.21 bits per heavy atom. The predicted molar refractivity (Wildman–Crippen MR) is 104 cm³/mol. The van der Waals surface area contributed by atoms with E-state index in [4.69, 9.17) is 4.74 Å². The third kappa shape index (κ3) is 5.71. The predicted octanol–water partition coefficient (Wildman–Crippen LogP) is 1.21. The van der Waals surface area contributed by atoms with Crippen LogP contribution in [0.15, 0.2) is 18.2 Å². The second-order valence-corrected chi connectivity index (χ2v) is 9.51. The number of amides is 1. The van der Waals surface area contributed by atoms with Gasteiger partial charge in [0.1, 0.15) is 0 Å². The summed E-state index contributed by atoms with van der Waals surface area (Å²) in [4.78, 5) is 14.5. The summed E-state index contributed by atoms with van der Waals surface area (Å²) in [6.07, 6.45) is 3.66. The van der Waals surface area contributed by atoms with Crippen LogP contribution in [0.4, 0.5) is 8.78 Å². The molecule has 1 atom stereocenters. The summed E-state index contributed by atoms with van der Waals surface area (Å²) in [7, 11) is -3.23. The number of ether oxygens (including phenoxy) is 1. The Kier molecular flexibility index (Phi) is 7.20. The van der Waals surface area contributed by atoms with E-state index >= 15 is 0 Å². The largest absolute Gasteiger partial charge is 0.381 e. The van der Waals surface area contributed by atoms with E-state index in [1.54, 1.807) is 0 Å². The van der Waals surface area contributed by atoms with Gasteiger partial charge in [-0.15, -0.1) is 0 Å². The van der Waals surface area contributed by atoms with Gasteiger partial charge in [0.15, 0.2) is 11.6 Å². The molecule has 10 heteroatoms. The van der Waals surface area contributed by atoms with E-state index in [9.17, 15) is 22.0 Å².